The third kappa shape index (κ3) is 7.66. The second-order valence-corrected chi connectivity index (χ2v) is 14.8. The van der Waals surface area contributed by atoms with Crippen molar-refractivity contribution in [2.75, 3.05) is 0 Å². The van der Waals surface area contributed by atoms with Gasteiger partial charge < -0.3 is 24.8 Å². The first kappa shape index (κ1) is 23.6. The second kappa shape index (κ2) is 12.9. The van der Waals surface area contributed by atoms with Crippen LogP contribution in [-0.4, -0.2) is 5.43 Å². The van der Waals surface area contributed by atoms with E-state index in [0.29, 0.717) is 0 Å². The first-order valence-corrected chi connectivity index (χ1v) is 13.7. The van der Waals surface area contributed by atoms with E-state index in [1.807, 2.05) is 18.2 Å². The van der Waals surface area contributed by atoms with Gasteiger partial charge in [-0.2, -0.15) is 35.9 Å². The topological polar surface area (TPSA) is 0 Å². The van der Waals surface area contributed by atoms with E-state index in [9.17, 15) is 0 Å². The molecule has 0 N–H and O–H groups in total. The van der Waals surface area contributed by atoms with E-state index in [2.05, 4.69) is 67.7 Å². The molecule has 0 fully saturated rings. The molecule has 2 aromatic carbocycles. The molecule has 0 saturated carbocycles. The number of rotatable bonds is 0. The first-order chi connectivity index (χ1) is 10.7. The van der Waals surface area contributed by atoms with Gasteiger partial charge in [0.25, 0.3) is 0 Å². The molecule has 0 spiro atoms. The maximum absolute atomic E-state index is 3.30. The van der Waals surface area contributed by atoms with Crippen molar-refractivity contribution in [3.05, 3.63) is 84.0 Å². The molecule has 0 unspecified atom stereocenters. The fraction of sp³-hybridized carbons (Fsp3) is 0.200. The normalized spacial score (nSPS) is 11.5. The van der Waals surface area contributed by atoms with Gasteiger partial charge in [-0.15, -0.1) is 12.0 Å². The molecule has 2 aliphatic carbocycles. The third-order valence-corrected chi connectivity index (χ3v) is 3.20. The minimum atomic E-state index is 0. The first-order valence-electron chi connectivity index (χ1n) is 7.50. The van der Waals surface area contributed by atoms with Crippen molar-refractivity contribution in [1.82, 2.24) is 0 Å². The minimum Gasteiger partial charge on any atom is -1.00 e. The Morgan fingerprint density at radius 1 is 1.00 bits per heavy atom. The van der Waals surface area contributed by atoms with Crippen LogP contribution in [0.2, 0.25) is 13.1 Å². The van der Waals surface area contributed by atoms with Crippen LogP contribution in [0.3, 0.4) is 0 Å². The summed E-state index contributed by atoms with van der Waals surface area (Å²) >= 11 is 1.74. The quantitative estimate of drug-likeness (QED) is 0.310. The van der Waals surface area contributed by atoms with Gasteiger partial charge in [-0.25, -0.2) is 12.2 Å². The van der Waals surface area contributed by atoms with Gasteiger partial charge in [-0.3, -0.25) is 6.08 Å². The molecule has 0 heterocycles. The van der Waals surface area contributed by atoms with Crippen LogP contribution in [0, 0.1) is 12.1 Å². The largest absolute Gasteiger partial charge is 1.00 e. The van der Waals surface area contributed by atoms with Crippen LogP contribution >= 0.6 is 0 Å². The van der Waals surface area contributed by atoms with E-state index in [1.165, 1.54) is 22.3 Å². The number of halogens is 2. The summed E-state index contributed by atoms with van der Waals surface area (Å²) in [5.41, 5.74) is 5.72. The predicted octanol–water partition coefficient (Wildman–Crippen LogP) is -0.844. The Kier molecular flexibility index (Phi) is 12.7. The molecular weight excluding hydrogens is 430 g/mol. The maximum atomic E-state index is 3.30. The van der Waals surface area contributed by atoms with Crippen molar-refractivity contribution >= 4 is 5.43 Å². The van der Waals surface area contributed by atoms with Crippen LogP contribution in [0.25, 0.3) is 11.1 Å². The molecule has 0 aliphatic heterocycles. The van der Waals surface area contributed by atoms with E-state index >= 15 is 0 Å². The van der Waals surface area contributed by atoms with Gasteiger partial charge in [0.15, 0.2) is 0 Å². The Labute approximate surface area is 173 Å². The van der Waals surface area contributed by atoms with Crippen molar-refractivity contribution < 1.29 is 48.1 Å². The fourth-order valence-corrected chi connectivity index (χ4v) is 2.34. The summed E-state index contributed by atoms with van der Waals surface area (Å²) < 4.78 is 0. The Hall–Kier alpha value is -0.400. The maximum Gasteiger partial charge on any atom is -0.0253 e. The van der Waals surface area contributed by atoms with Crippen LogP contribution in [0.15, 0.2) is 60.7 Å². The van der Waals surface area contributed by atoms with Gasteiger partial charge in [-0.1, -0.05) is 35.4 Å². The standard InChI is InChI=1S/C13H9.C5H5.C2H6Si.2ClH.Zr/c1-3-7-12-10(5-1)9-11-6-2-4-8-13(11)12;1-2-4-5-3-1;1-3-2;;;/h1-5,7-8H,9H2;1-3H,4H2;1-2H3;2*1H;/q2*-1;;;;+2/p-2. The second-order valence-electron chi connectivity index (χ2n) is 5.40. The summed E-state index contributed by atoms with van der Waals surface area (Å²) in [6, 6.07) is 18.1. The number of hydrogen-bond donors (Lipinski definition) is 0. The summed E-state index contributed by atoms with van der Waals surface area (Å²) in [6.45, 7) is 4.62. The predicted molar refractivity (Wildman–Crippen MR) is 92.6 cm³/mol. The molecule has 0 bridgehead atoms. The van der Waals surface area contributed by atoms with Crippen molar-refractivity contribution in [2.24, 2.45) is 0 Å². The molecule has 4 heteroatoms. The average Bonchev–Trinajstić information content (AvgIpc) is 3.18. The Bertz CT molecular complexity index is 651. The summed E-state index contributed by atoms with van der Waals surface area (Å²) in [5.74, 6) is 0. The van der Waals surface area contributed by atoms with Crippen molar-refractivity contribution in [3.63, 3.8) is 0 Å². The van der Waals surface area contributed by atoms with E-state index in [0.717, 1.165) is 12.8 Å². The number of allylic oxidation sites excluding steroid dienone is 4. The van der Waals surface area contributed by atoms with Crippen molar-refractivity contribution in [2.45, 2.75) is 25.9 Å². The molecule has 0 amide bonds. The fourth-order valence-electron chi connectivity index (χ4n) is 2.34. The molecule has 4 rings (SSSR count). The van der Waals surface area contributed by atoms with Gasteiger partial charge >= 0.3 is 41.9 Å². The molecule has 124 valence electrons. The zero-order valence-electron chi connectivity index (χ0n) is 13.9. The summed E-state index contributed by atoms with van der Waals surface area (Å²) in [5, 5.41) is 0. The zero-order valence-corrected chi connectivity index (χ0v) is 18.9. The Morgan fingerprint density at radius 3 is 2.25 bits per heavy atom. The van der Waals surface area contributed by atoms with E-state index in [4.69, 9.17) is 0 Å². The molecule has 0 atom stereocenters. The Balaban J connectivity index is 0.000000409. The van der Waals surface area contributed by atoms with Crippen LogP contribution in [0.1, 0.15) is 17.5 Å². The molecular formula is C20H20Cl2SiZr-2. The monoisotopic (exact) mass is 448 g/mol. The number of fused-ring (bicyclic) bond motifs is 3. The van der Waals surface area contributed by atoms with Crippen molar-refractivity contribution in [3.8, 4) is 11.1 Å². The molecule has 0 aromatic heterocycles. The van der Waals surface area contributed by atoms with Gasteiger partial charge in [0.2, 0.25) is 0 Å². The average molecular weight is 451 g/mol. The SMILES string of the molecule is C[Si](C)=[Zr+2].[C-]1=CC=CC1.[Cl-].[Cl-].[c-]1cccc2c1Cc1ccccc1-2. The summed E-state index contributed by atoms with van der Waals surface area (Å²) in [6.07, 6.45) is 11.0. The molecule has 24 heavy (non-hydrogen) atoms. The third-order valence-electron chi connectivity index (χ3n) is 3.20. The van der Waals surface area contributed by atoms with E-state index in [-0.39, 0.29) is 30.2 Å². The van der Waals surface area contributed by atoms with Gasteiger partial charge in [0, 0.05) is 0 Å². The van der Waals surface area contributed by atoms with E-state index < -0.39 is 0 Å². The van der Waals surface area contributed by atoms with Crippen molar-refractivity contribution in [1.29, 1.82) is 0 Å². The number of benzene rings is 2. The smallest absolute Gasteiger partial charge is 0.0253 e. The van der Waals surface area contributed by atoms with E-state index in [1.54, 1.807) is 23.3 Å². The molecule has 2 aliphatic rings. The summed E-state index contributed by atoms with van der Waals surface area (Å²) in [7, 11) is 0. The summed E-state index contributed by atoms with van der Waals surface area (Å²) in [4.78, 5) is 0. The van der Waals surface area contributed by atoms with Crippen LogP contribution in [0.4, 0.5) is 0 Å². The van der Waals surface area contributed by atoms with Crippen LogP contribution < -0.4 is 24.8 Å². The van der Waals surface area contributed by atoms with Gasteiger partial charge in [-0.05, 0) is 6.42 Å². The Morgan fingerprint density at radius 2 is 1.67 bits per heavy atom. The van der Waals surface area contributed by atoms with Crippen LogP contribution in [-0.2, 0) is 29.8 Å². The van der Waals surface area contributed by atoms with Gasteiger partial charge in [0.1, 0.15) is 0 Å². The minimum absolute atomic E-state index is 0. The zero-order chi connectivity index (χ0) is 15.8. The molecule has 0 nitrogen and oxygen atoms in total. The molecule has 0 radical (unpaired) electrons. The number of hydrogen-bond acceptors (Lipinski definition) is 0. The van der Waals surface area contributed by atoms with Crippen LogP contribution in [0.5, 0.6) is 0 Å². The molecule has 2 aromatic rings. The molecule has 0 saturated heterocycles. The van der Waals surface area contributed by atoms with Gasteiger partial charge in [0.05, 0.1) is 0 Å².